The molecule has 0 aromatic heterocycles. The van der Waals surface area contributed by atoms with Crippen molar-refractivity contribution in [2.75, 3.05) is 26.5 Å². The fourth-order valence-corrected chi connectivity index (χ4v) is 3.46. The highest BCUT2D eigenvalue weighted by molar-refractivity contribution is 7.54. The summed E-state index contributed by atoms with van der Waals surface area (Å²) in [7, 11) is -1.91. The molecule has 0 saturated heterocycles. The van der Waals surface area contributed by atoms with Crippen LogP contribution in [0.3, 0.4) is 0 Å². The van der Waals surface area contributed by atoms with Gasteiger partial charge >= 0.3 is 7.60 Å². The highest BCUT2D eigenvalue weighted by Crippen LogP contribution is 2.48. The summed E-state index contributed by atoms with van der Waals surface area (Å²) in [5, 5.41) is 0.320. The van der Waals surface area contributed by atoms with Crippen LogP contribution in [0.5, 0.6) is 5.75 Å². The molecular formula is C13H18ClO5P. The Morgan fingerprint density at radius 3 is 2.30 bits per heavy atom. The molecule has 20 heavy (non-hydrogen) atoms. The van der Waals surface area contributed by atoms with Gasteiger partial charge in [0, 0.05) is 5.56 Å². The lowest BCUT2D eigenvalue weighted by Crippen LogP contribution is -2.10. The molecule has 112 valence electrons. The molecule has 0 aliphatic rings. The summed E-state index contributed by atoms with van der Waals surface area (Å²) in [6.45, 7) is 3.82. The number of rotatable bonds is 8. The second kappa shape index (κ2) is 7.79. The molecule has 0 aliphatic heterocycles. The summed E-state index contributed by atoms with van der Waals surface area (Å²) in [4.78, 5) is 12.1. The molecule has 1 aromatic rings. The summed E-state index contributed by atoms with van der Waals surface area (Å²) in [5.41, 5.74) is 0.343. The normalized spacial score (nSPS) is 11.4. The van der Waals surface area contributed by atoms with Gasteiger partial charge in [0.25, 0.3) is 0 Å². The molecular weight excluding hydrogens is 303 g/mol. The van der Waals surface area contributed by atoms with Gasteiger partial charge in [0.15, 0.2) is 5.78 Å². The number of ether oxygens (including phenoxy) is 1. The molecule has 1 aromatic carbocycles. The molecule has 1 rings (SSSR count). The number of halogens is 1. The zero-order chi connectivity index (χ0) is 15.2. The molecule has 0 atom stereocenters. The molecule has 0 amide bonds. The average molecular weight is 321 g/mol. The lowest BCUT2D eigenvalue weighted by Gasteiger charge is -2.16. The number of ketones is 1. The second-order valence-electron chi connectivity index (χ2n) is 3.88. The number of Topliss-reactive ketones (excluding diaryl/α,β-unsaturated/α-hetero) is 1. The van der Waals surface area contributed by atoms with E-state index in [1.54, 1.807) is 26.0 Å². The van der Waals surface area contributed by atoms with Crippen molar-refractivity contribution in [2.24, 2.45) is 0 Å². The van der Waals surface area contributed by atoms with Crippen LogP contribution in [0.2, 0.25) is 5.02 Å². The molecule has 0 radical (unpaired) electrons. The fourth-order valence-electron chi connectivity index (χ4n) is 1.63. The molecule has 0 spiro atoms. The first-order valence-electron chi connectivity index (χ1n) is 6.20. The lowest BCUT2D eigenvalue weighted by atomic mass is 10.1. The van der Waals surface area contributed by atoms with Gasteiger partial charge in [0.2, 0.25) is 0 Å². The fraction of sp³-hybridized carbons (Fsp3) is 0.462. The highest BCUT2D eigenvalue weighted by atomic mass is 35.5. The Hall–Kier alpha value is -0.870. The van der Waals surface area contributed by atoms with E-state index >= 15 is 0 Å². The van der Waals surface area contributed by atoms with E-state index in [4.69, 9.17) is 25.4 Å². The third-order valence-electron chi connectivity index (χ3n) is 2.46. The van der Waals surface area contributed by atoms with Gasteiger partial charge in [-0.15, -0.1) is 0 Å². The smallest absolute Gasteiger partial charge is 0.338 e. The van der Waals surface area contributed by atoms with Gasteiger partial charge in [-0.2, -0.15) is 0 Å². The molecule has 7 heteroatoms. The summed E-state index contributed by atoms with van der Waals surface area (Å²) in [5.74, 6) is 0.126. The standard InChI is InChI=1S/C13H18ClO5P/c1-4-18-20(16,19-5-2)9-12(15)10-6-7-13(17-3)11(14)8-10/h6-8H,4-5,9H2,1-3H3. The van der Waals surface area contributed by atoms with E-state index in [9.17, 15) is 9.36 Å². The Bertz CT molecular complexity index is 507. The molecule has 5 nitrogen and oxygen atoms in total. The Kier molecular flexibility index (Phi) is 6.69. The van der Waals surface area contributed by atoms with Gasteiger partial charge in [-0.25, -0.2) is 0 Å². The predicted octanol–water partition coefficient (Wildman–Crippen LogP) is 3.80. The maximum absolute atomic E-state index is 12.3. The van der Waals surface area contributed by atoms with Crippen molar-refractivity contribution in [3.8, 4) is 5.75 Å². The number of hydrogen-bond acceptors (Lipinski definition) is 5. The van der Waals surface area contributed by atoms with Gasteiger partial charge in [-0.05, 0) is 32.0 Å². The van der Waals surface area contributed by atoms with Gasteiger partial charge in [0.1, 0.15) is 11.9 Å². The minimum atomic E-state index is -3.40. The van der Waals surface area contributed by atoms with Crippen molar-refractivity contribution in [2.45, 2.75) is 13.8 Å². The average Bonchev–Trinajstić information content (AvgIpc) is 2.38. The van der Waals surface area contributed by atoms with E-state index in [2.05, 4.69) is 0 Å². The predicted molar refractivity (Wildman–Crippen MR) is 78.1 cm³/mol. The van der Waals surface area contributed by atoms with E-state index in [-0.39, 0.29) is 25.2 Å². The summed E-state index contributed by atoms with van der Waals surface area (Å²) >= 11 is 5.96. The summed E-state index contributed by atoms with van der Waals surface area (Å²) in [6.07, 6.45) is -0.308. The Labute approximate surface area is 123 Å². The maximum atomic E-state index is 12.3. The first-order chi connectivity index (χ1) is 9.45. The van der Waals surface area contributed by atoms with E-state index in [1.165, 1.54) is 13.2 Å². The maximum Gasteiger partial charge on any atom is 0.338 e. The zero-order valence-corrected chi connectivity index (χ0v) is 13.4. The number of carbonyl (C=O) groups is 1. The van der Waals surface area contributed by atoms with E-state index < -0.39 is 7.60 Å². The van der Waals surface area contributed by atoms with Crippen LogP contribution in [0.15, 0.2) is 18.2 Å². The molecule has 0 N–H and O–H groups in total. The Morgan fingerprint density at radius 1 is 1.25 bits per heavy atom. The monoisotopic (exact) mass is 320 g/mol. The van der Waals surface area contributed by atoms with Crippen LogP contribution in [0.4, 0.5) is 0 Å². The third-order valence-corrected chi connectivity index (χ3v) is 4.74. The van der Waals surface area contributed by atoms with E-state index in [1.807, 2.05) is 0 Å². The molecule has 0 unspecified atom stereocenters. The van der Waals surface area contributed by atoms with Crippen LogP contribution in [-0.2, 0) is 13.6 Å². The number of carbonyl (C=O) groups excluding carboxylic acids is 1. The molecule has 0 fully saturated rings. The van der Waals surface area contributed by atoms with Gasteiger partial charge in [0.05, 0.1) is 25.3 Å². The van der Waals surface area contributed by atoms with Crippen LogP contribution >= 0.6 is 19.2 Å². The van der Waals surface area contributed by atoms with Crippen molar-refractivity contribution < 1.29 is 23.1 Å². The minimum Gasteiger partial charge on any atom is -0.495 e. The molecule has 0 bridgehead atoms. The number of hydrogen-bond donors (Lipinski definition) is 0. The van der Waals surface area contributed by atoms with E-state index in [0.717, 1.165) is 0 Å². The largest absolute Gasteiger partial charge is 0.495 e. The van der Waals surface area contributed by atoms with Crippen molar-refractivity contribution >= 4 is 25.0 Å². The van der Waals surface area contributed by atoms with Crippen molar-refractivity contribution in [1.82, 2.24) is 0 Å². The first kappa shape index (κ1) is 17.2. The van der Waals surface area contributed by atoms with Gasteiger partial charge in [-0.3, -0.25) is 9.36 Å². The van der Waals surface area contributed by atoms with Crippen molar-refractivity contribution in [3.05, 3.63) is 28.8 Å². The van der Waals surface area contributed by atoms with E-state index in [0.29, 0.717) is 16.3 Å². The summed E-state index contributed by atoms with van der Waals surface area (Å²) < 4.78 is 27.5. The van der Waals surface area contributed by atoms with Crippen LogP contribution in [-0.4, -0.2) is 32.3 Å². The zero-order valence-electron chi connectivity index (χ0n) is 11.7. The number of methoxy groups -OCH3 is 1. The topological polar surface area (TPSA) is 61.8 Å². The van der Waals surface area contributed by atoms with Crippen LogP contribution in [0, 0.1) is 0 Å². The van der Waals surface area contributed by atoms with Crippen LogP contribution in [0.25, 0.3) is 0 Å². The second-order valence-corrected chi connectivity index (χ2v) is 6.34. The molecule has 0 aliphatic carbocycles. The third kappa shape index (κ3) is 4.60. The van der Waals surface area contributed by atoms with Gasteiger partial charge in [-0.1, -0.05) is 11.6 Å². The quantitative estimate of drug-likeness (QED) is 0.538. The minimum absolute atomic E-state index is 0.216. The highest BCUT2D eigenvalue weighted by Gasteiger charge is 2.28. The van der Waals surface area contributed by atoms with Crippen molar-refractivity contribution in [3.63, 3.8) is 0 Å². The van der Waals surface area contributed by atoms with Crippen LogP contribution < -0.4 is 4.74 Å². The molecule has 0 heterocycles. The number of benzene rings is 1. The lowest BCUT2D eigenvalue weighted by molar-refractivity contribution is 0.100. The Morgan fingerprint density at radius 2 is 1.85 bits per heavy atom. The first-order valence-corrected chi connectivity index (χ1v) is 8.31. The SMILES string of the molecule is CCOP(=O)(CC(=O)c1ccc(OC)c(Cl)c1)OCC. The Balaban J connectivity index is 2.89. The van der Waals surface area contributed by atoms with Gasteiger partial charge < -0.3 is 13.8 Å². The molecule has 0 saturated carbocycles. The van der Waals surface area contributed by atoms with Crippen LogP contribution in [0.1, 0.15) is 24.2 Å². The van der Waals surface area contributed by atoms with Crippen molar-refractivity contribution in [1.29, 1.82) is 0 Å². The summed E-state index contributed by atoms with van der Waals surface area (Å²) in [6, 6.07) is 4.63.